The van der Waals surface area contributed by atoms with E-state index in [9.17, 15) is 13.2 Å². The van der Waals surface area contributed by atoms with Crippen molar-refractivity contribution in [3.8, 4) is 6.07 Å². The number of halogens is 3. The molecule has 1 fully saturated rings. The van der Waals surface area contributed by atoms with Gasteiger partial charge in [0.05, 0.1) is 17.2 Å². The van der Waals surface area contributed by atoms with Crippen molar-refractivity contribution >= 4 is 5.69 Å². The van der Waals surface area contributed by atoms with Gasteiger partial charge < -0.3 is 4.90 Å². The topological polar surface area (TPSA) is 27.0 Å². The van der Waals surface area contributed by atoms with Crippen molar-refractivity contribution < 1.29 is 13.2 Å². The first kappa shape index (κ1) is 14.7. The summed E-state index contributed by atoms with van der Waals surface area (Å²) in [5, 5.41) is 8.81. The average Bonchev–Trinajstić information content (AvgIpc) is 2.78. The SMILES string of the molecule is CCC1CC(C)CN1c1ccc(C#N)c(C(F)(F)F)c1. The van der Waals surface area contributed by atoms with Crippen LogP contribution in [0.5, 0.6) is 0 Å². The summed E-state index contributed by atoms with van der Waals surface area (Å²) < 4.78 is 39.0. The molecule has 0 spiro atoms. The second-order valence-electron chi connectivity index (χ2n) is 5.39. The lowest BCUT2D eigenvalue weighted by atomic mass is 10.1. The van der Waals surface area contributed by atoms with Crippen LogP contribution in [-0.4, -0.2) is 12.6 Å². The van der Waals surface area contributed by atoms with E-state index in [0.29, 0.717) is 11.6 Å². The molecule has 1 aromatic carbocycles. The van der Waals surface area contributed by atoms with E-state index in [2.05, 4.69) is 6.92 Å². The van der Waals surface area contributed by atoms with Crippen LogP contribution in [0.15, 0.2) is 18.2 Å². The van der Waals surface area contributed by atoms with Crippen LogP contribution in [0.4, 0.5) is 18.9 Å². The van der Waals surface area contributed by atoms with E-state index in [4.69, 9.17) is 5.26 Å². The molecule has 0 radical (unpaired) electrons. The van der Waals surface area contributed by atoms with Crippen molar-refractivity contribution in [1.82, 2.24) is 0 Å². The standard InChI is InChI=1S/C15H17F3N2/c1-3-12-6-10(2)9-20(12)13-5-4-11(8-19)14(7-13)15(16,17)18/h4-5,7,10,12H,3,6,9H2,1-2H3. The Kier molecular flexibility index (Phi) is 3.94. The fraction of sp³-hybridized carbons (Fsp3) is 0.533. The van der Waals surface area contributed by atoms with Crippen molar-refractivity contribution in [2.45, 2.75) is 38.9 Å². The zero-order valence-corrected chi connectivity index (χ0v) is 11.5. The van der Waals surface area contributed by atoms with Crippen LogP contribution in [0.3, 0.4) is 0 Å². The maximum absolute atomic E-state index is 13.0. The van der Waals surface area contributed by atoms with Gasteiger partial charge in [-0.2, -0.15) is 18.4 Å². The molecule has 2 atom stereocenters. The average molecular weight is 282 g/mol. The molecule has 1 heterocycles. The van der Waals surface area contributed by atoms with Crippen molar-refractivity contribution in [3.05, 3.63) is 29.3 Å². The fourth-order valence-corrected chi connectivity index (χ4v) is 2.90. The first-order valence-corrected chi connectivity index (χ1v) is 6.74. The highest BCUT2D eigenvalue weighted by Crippen LogP contribution is 2.37. The minimum absolute atomic E-state index is 0.277. The van der Waals surface area contributed by atoms with E-state index < -0.39 is 11.7 Å². The number of nitriles is 1. The summed E-state index contributed by atoms with van der Waals surface area (Å²) in [6.45, 7) is 4.92. The third-order valence-corrected chi connectivity index (χ3v) is 3.86. The number of hydrogen-bond donors (Lipinski definition) is 0. The highest BCUT2D eigenvalue weighted by molar-refractivity contribution is 5.56. The molecular weight excluding hydrogens is 265 g/mol. The van der Waals surface area contributed by atoms with Crippen LogP contribution in [0.25, 0.3) is 0 Å². The Morgan fingerprint density at radius 3 is 2.65 bits per heavy atom. The number of rotatable bonds is 2. The Balaban J connectivity index is 2.42. The first-order chi connectivity index (χ1) is 9.36. The largest absolute Gasteiger partial charge is 0.417 e. The highest BCUT2D eigenvalue weighted by atomic mass is 19.4. The van der Waals surface area contributed by atoms with Crippen molar-refractivity contribution in [2.24, 2.45) is 5.92 Å². The Labute approximate surface area is 116 Å². The van der Waals surface area contributed by atoms with Gasteiger partial charge in [-0.25, -0.2) is 0 Å². The first-order valence-electron chi connectivity index (χ1n) is 6.74. The summed E-state index contributed by atoms with van der Waals surface area (Å²) in [7, 11) is 0. The maximum atomic E-state index is 13.0. The molecule has 0 N–H and O–H groups in total. The molecule has 1 aromatic rings. The van der Waals surface area contributed by atoms with Crippen molar-refractivity contribution in [3.63, 3.8) is 0 Å². The third-order valence-electron chi connectivity index (χ3n) is 3.86. The van der Waals surface area contributed by atoms with Gasteiger partial charge >= 0.3 is 6.18 Å². The summed E-state index contributed by atoms with van der Waals surface area (Å²) >= 11 is 0. The second kappa shape index (κ2) is 5.35. The summed E-state index contributed by atoms with van der Waals surface area (Å²) in [5.74, 6) is 0.477. The van der Waals surface area contributed by atoms with Gasteiger partial charge in [0, 0.05) is 18.3 Å². The summed E-state index contributed by atoms with van der Waals surface area (Å²) in [6.07, 6.45) is -2.59. The molecule has 2 nitrogen and oxygen atoms in total. The smallest absolute Gasteiger partial charge is 0.368 e. The zero-order chi connectivity index (χ0) is 14.9. The van der Waals surface area contributed by atoms with Crippen LogP contribution >= 0.6 is 0 Å². The van der Waals surface area contributed by atoms with Gasteiger partial charge in [-0.05, 0) is 37.0 Å². The molecule has 1 aliphatic heterocycles. The van der Waals surface area contributed by atoms with Gasteiger partial charge in [0.15, 0.2) is 0 Å². The predicted octanol–water partition coefficient (Wildman–Crippen LogP) is 4.20. The Bertz CT molecular complexity index is 531. The predicted molar refractivity (Wildman–Crippen MR) is 71.4 cm³/mol. The minimum Gasteiger partial charge on any atom is -0.368 e. The van der Waals surface area contributed by atoms with Gasteiger partial charge in [0.25, 0.3) is 0 Å². The molecule has 0 saturated carbocycles. The van der Waals surface area contributed by atoms with E-state index in [-0.39, 0.29) is 11.6 Å². The summed E-state index contributed by atoms with van der Waals surface area (Å²) in [6, 6.07) is 5.89. The Morgan fingerprint density at radius 1 is 1.40 bits per heavy atom. The van der Waals surface area contributed by atoms with Crippen LogP contribution < -0.4 is 4.90 Å². The monoisotopic (exact) mass is 282 g/mol. The molecule has 0 amide bonds. The van der Waals surface area contributed by atoms with Crippen molar-refractivity contribution in [1.29, 1.82) is 5.26 Å². The van der Waals surface area contributed by atoms with Gasteiger partial charge in [-0.15, -0.1) is 0 Å². The van der Waals surface area contributed by atoms with Crippen LogP contribution in [0.1, 0.15) is 37.8 Å². The minimum atomic E-state index is -4.49. The normalized spacial score (nSPS) is 22.9. The summed E-state index contributed by atoms with van der Waals surface area (Å²) in [5.41, 5.74) is -0.596. The second-order valence-corrected chi connectivity index (χ2v) is 5.39. The van der Waals surface area contributed by atoms with E-state index >= 15 is 0 Å². The van der Waals surface area contributed by atoms with E-state index in [0.717, 1.165) is 25.5 Å². The molecule has 2 rings (SSSR count). The number of hydrogen-bond acceptors (Lipinski definition) is 2. The van der Waals surface area contributed by atoms with Crippen LogP contribution in [0, 0.1) is 17.2 Å². The lowest BCUT2D eigenvalue weighted by Gasteiger charge is -2.27. The van der Waals surface area contributed by atoms with Crippen LogP contribution in [0.2, 0.25) is 0 Å². The maximum Gasteiger partial charge on any atom is 0.417 e. The van der Waals surface area contributed by atoms with E-state index in [1.165, 1.54) is 6.07 Å². The molecule has 0 aromatic heterocycles. The molecule has 0 bridgehead atoms. The zero-order valence-electron chi connectivity index (χ0n) is 11.5. The van der Waals surface area contributed by atoms with Crippen molar-refractivity contribution in [2.75, 3.05) is 11.4 Å². The number of nitrogens with zero attached hydrogens (tertiary/aromatic N) is 2. The molecule has 108 valence electrons. The highest BCUT2D eigenvalue weighted by Gasteiger charge is 2.35. The van der Waals surface area contributed by atoms with Gasteiger partial charge in [0.1, 0.15) is 0 Å². The Hall–Kier alpha value is -1.70. The summed E-state index contributed by atoms with van der Waals surface area (Å²) in [4.78, 5) is 2.03. The lowest BCUT2D eigenvalue weighted by molar-refractivity contribution is -0.137. The lowest BCUT2D eigenvalue weighted by Crippen LogP contribution is -2.29. The van der Waals surface area contributed by atoms with Gasteiger partial charge in [0.2, 0.25) is 0 Å². The quantitative estimate of drug-likeness (QED) is 0.812. The molecule has 0 aliphatic carbocycles. The number of anilines is 1. The molecular formula is C15H17F3N2. The number of alkyl halides is 3. The van der Waals surface area contributed by atoms with Crippen LogP contribution in [-0.2, 0) is 6.18 Å². The van der Waals surface area contributed by atoms with Gasteiger partial charge in [-0.3, -0.25) is 0 Å². The fourth-order valence-electron chi connectivity index (χ4n) is 2.90. The van der Waals surface area contributed by atoms with Gasteiger partial charge in [-0.1, -0.05) is 13.8 Å². The number of benzene rings is 1. The van der Waals surface area contributed by atoms with E-state index in [1.54, 1.807) is 12.1 Å². The third kappa shape index (κ3) is 2.74. The van der Waals surface area contributed by atoms with E-state index in [1.807, 2.05) is 11.8 Å². The molecule has 1 saturated heterocycles. The molecule has 5 heteroatoms. The molecule has 2 unspecified atom stereocenters. The molecule has 20 heavy (non-hydrogen) atoms. The molecule has 1 aliphatic rings. The Morgan fingerprint density at radius 2 is 2.10 bits per heavy atom.